The van der Waals surface area contributed by atoms with E-state index in [-0.39, 0.29) is 12.3 Å². The molecule has 96 valence electrons. The molecule has 0 spiro atoms. The third kappa shape index (κ3) is 3.81. The van der Waals surface area contributed by atoms with Crippen LogP contribution in [0.2, 0.25) is 0 Å². The van der Waals surface area contributed by atoms with Gasteiger partial charge in [0.1, 0.15) is 11.5 Å². The first-order valence-electron chi connectivity index (χ1n) is 4.93. The number of amides is 2. The van der Waals surface area contributed by atoms with Crippen molar-refractivity contribution in [3.8, 4) is 0 Å². The number of ether oxygens (including phenoxy) is 1. The molecule has 1 aromatic rings. The fourth-order valence-corrected chi connectivity index (χ4v) is 0.935. The molecule has 0 aliphatic carbocycles. The maximum Gasteiger partial charge on any atom is 0.398 e. The largest absolute Gasteiger partial charge is 0.459 e. The molecule has 1 heterocycles. The summed E-state index contributed by atoms with van der Waals surface area (Å²) >= 11 is 0. The van der Waals surface area contributed by atoms with Gasteiger partial charge in [-0.3, -0.25) is 20.4 Å². The molecular formula is C10H10FN3O4. The second-order valence-corrected chi connectivity index (χ2v) is 2.99. The highest BCUT2D eigenvalue weighted by molar-refractivity contribution is 6.32. The number of esters is 1. The van der Waals surface area contributed by atoms with Crippen LogP contribution in [-0.2, 0) is 14.3 Å². The van der Waals surface area contributed by atoms with Crippen molar-refractivity contribution in [2.24, 2.45) is 0 Å². The van der Waals surface area contributed by atoms with Gasteiger partial charge in [-0.15, -0.1) is 0 Å². The molecule has 0 saturated heterocycles. The molecule has 8 heteroatoms. The predicted octanol–water partition coefficient (Wildman–Crippen LogP) is -0.455. The number of hydrogen-bond donors (Lipinski definition) is 2. The number of pyridine rings is 1. The van der Waals surface area contributed by atoms with Crippen LogP contribution in [0.5, 0.6) is 0 Å². The van der Waals surface area contributed by atoms with Gasteiger partial charge in [-0.25, -0.2) is 14.2 Å². The van der Waals surface area contributed by atoms with E-state index >= 15 is 0 Å². The zero-order valence-electron chi connectivity index (χ0n) is 9.40. The van der Waals surface area contributed by atoms with E-state index in [1.54, 1.807) is 0 Å². The Kier molecular flexibility index (Phi) is 4.73. The molecule has 7 nitrogen and oxygen atoms in total. The van der Waals surface area contributed by atoms with Crippen molar-refractivity contribution in [3.63, 3.8) is 0 Å². The van der Waals surface area contributed by atoms with Gasteiger partial charge in [0.05, 0.1) is 12.8 Å². The van der Waals surface area contributed by atoms with E-state index in [1.165, 1.54) is 6.92 Å². The van der Waals surface area contributed by atoms with E-state index in [9.17, 15) is 18.8 Å². The van der Waals surface area contributed by atoms with Crippen molar-refractivity contribution in [3.05, 3.63) is 29.8 Å². The Morgan fingerprint density at radius 2 is 2.06 bits per heavy atom. The molecule has 1 aromatic heterocycles. The molecule has 0 unspecified atom stereocenters. The van der Waals surface area contributed by atoms with E-state index < -0.39 is 23.6 Å². The summed E-state index contributed by atoms with van der Waals surface area (Å²) in [5.41, 5.74) is 3.66. The van der Waals surface area contributed by atoms with E-state index in [4.69, 9.17) is 0 Å². The van der Waals surface area contributed by atoms with Gasteiger partial charge < -0.3 is 4.74 Å². The third-order valence-electron chi connectivity index (χ3n) is 1.71. The molecule has 0 saturated carbocycles. The topological polar surface area (TPSA) is 97.4 Å². The van der Waals surface area contributed by atoms with E-state index in [0.29, 0.717) is 0 Å². The number of nitrogens with one attached hydrogen (secondary N) is 2. The Balaban J connectivity index is 2.49. The Hall–Kier alpha value is -2.51. The number of hydrazine groups is 1. The van der Waals surface area contributed by atoms with Gasteiger partial charge in [0.2, 0.25) is 0 Å². The fraction of sp³-hybridized carbons (Fsp3) is 0.200. The summed E-state index contributed by atoms with van der Waals surface area (Å²) in [6, 6.07) is 2.16. The SMILES string of the molecule is CCOC(=O)C(=O)NNC(=O)c1ccc(F)cn1. The van der Waals surface area contributed by atoms with Gasteiger partial charge in [0.15, 0.2) is 0 Å². The van der Waals surface area contributed by atoms with Gasteiger partial charge >= 0.3 is 11.9 Å². The monoisotopic (exact) mass is 255 g/mol. The highest BCUT2D eigenvalue weighted by Gasteiger charge is 2.16. The van der Waals surface area contributed by atoms with E-state index in [2.05, 4.69) is 9.72 Å². The molecule has 0 aliphatic rings. The second kappa shape index (κ2) is 6.28. The molecular weight excluding hydrogens is 245 g/mol. The molecule has 0 aliphatic heterocycles. The van der Waals surface area contributed by atoms with Gasteiger partial charge in [0, 0.05) is 0 Å². The minimum absolute atomic E-state index is 0.0414. The lowest BCUT2D eigenvalue weighted by molar-refractivity contribution is -0.154. The molecule has 0 fully saturated rings. The standard InChI is InChI=1S/C10H10FN3O4/c1-2-18-10(17)9(16)14-13-8(15)7-4-3-6(11)5-12-7/h3-5H,2H2,1H3,(H,13,15)(H,14,16). The molecule has 18 heavy (non-hydrogen) atoms. The maximum absolute atomic E-state index is 12.5. The Bertz CT molecular complexity index is 461. The predicted molar refractivity (Wildman–Crippen MR) is 56.4 cm³/mol. The summed E-state index contributed by atoms with van der Waals surface area (Å²) in [5, 5.41) is 0. The average Bonchev–Trinajstić information content (AvgIpc) is 2.36. The van der Waals surface area contributed by atoms with Crippen LogP contribution in [0, 0.1) is 5.82 Å². The first-order valence-corrected chi connectivity index (χ1v) is 4.93. The van der Waals surface area contributed by atoms with Gasteiger partial charge in [0.25, 0.3) is 5.91 Å². The number of aromatic nitrogens is 1. The molecule has 0 bridgehead atoms. The smallest absolute Gasteiger partial charge is 0.398 e. The normalized spacial score (nSPS) is 9.44. The Morgan fingerprint density at radius 3 is 2.61 bits per heavy atom. The molecule has 0 aromatic carbocycles. The highest BCUT2D eigenvalue weighted by Crippen LogP contribution is 1.97. The third-order valence-corrected chi connectivity index (χ3v) is 1.71. The minimum Gasteiger partial charge on any atom is -0.459 e. The van der Waals surface area contributed by atoms with Crippen LogP contribution in [-0.4, -0.2) is 29.4 Å². The van der Waals surface area contributed by atoms with Crippen molar-refractivity contribution >= 4 is 17.8 Å². The summed E-state index contributed by atoms with van der Waals surface area (Å²) < 4.78 is 16.9. The van der Waals surface area contributed by atoms with Crippen LogP contribution in [0.3, 0.4) is 0 Å². The van der Waals surface area contributed by atoms with Crippen LogP contribution >= 0.6 is 0 Å². The summed E-state index contributed by atoms with van der Waals surface area (Å²) in [7, 11) is 0. The lowest BCUT2D eigenvalue weighted by atomic mass is 10.3. The van der Waals surface area contributed by atoms with Crippen molar-refractivity contribution in [1.29, 1.82) is 0 Å². The van der Waals surface area contributed by atoms with Crippen LogP contribution in [0.25, 0.3) is 0 Å². The van der Waals surface area contributed by atoms with Crippen molar-refractivity contribution in [2.45, 2.75) is 6.92 Å². The molecule has 0 atom stereocenters. The van der Waals surface area contributed by atoms with Crippen LogP contribution in [0.1, 0.15) is 17.4 Å². The zero-order chi connectivity index (χ0) is 13.5. The summed E-state index contributed by atoms with van der Waals surface area (Å²) in [4.78, 5) is 36.8. The van der Waals surface area contributed by atoms with E-state index in [0.717, 1.165) is 18.3 Å². The van der Waals surface area contributed by atoms with Crippen LogP contribution in [0.4, 0.5) is 4.39 Å². The van der Waals surface area contributed by atoms with Gasteiger partial charge in [-0.1, -0.05) is 0 Å². The maximum atomic E-state index is 12.5. The number of nitrogens with zero attached hydrogens (tertiary/aromatic N) is 1. The molecule has 2 amide bonds. The number of rotatable bonds is 2. The second-order valence-electron chi connectivity index (χ2n) is 2.99. The fourth-order valence-electron chi connectivity index (χ4n) is 0.935. The van der Waals surface area contributed by atoms with Crippen molar-refractivity contribution < 1.29 is 23.5 Å². The zero-order valence-corrected chi connectivity index (χ0v) is 9.40. The van der Waals surface area contributed by atoms with Gasteiger partial charge in [-0.2, -0.15) is 0 Å². The van der Waals surface area contributed by atoms with Crippen LogP contribution < -0.4 is 10.9 Å². The van der Waals surface area contributed by atoms with Crippen molar-refractivity contribution in [1.82, 2.24) is 15.8 Å². The Labute approximate surface area is 101 Å². The number of hydrogen-bond acceptors (Lipinski definition) is 5. The average molecular weight is 255 g/mol. The molecule has 2 N–H and O–H groups in total. The number of carbonyl (C=O) groups excluding carboxylic acids is 3. The minimum atomic E-state index is -1.12. The summed E-state index contributed by atoms with van der Waals surface area (Å²) in [5.74, 6) is -3.62. The molecule has 1 rings (SSSR count). The lowest BCUT2D eigenvalue weighted by Gasteiger charge is -2.05. The van der Waals surface area contributed by atoms with Crippen molar-refractivity contribution in [2.75, 3.05) is 6.61 Å². The molecule has 0 radical (unpaired) electrons. The summed E-state index contributed by atoms with van der Waals surface area (Å²) in [6.07, 6.45) is 0.849. The van der Waals surface area contributed by atoms with E-state index in [1.807, 2.05) is 10.9 Å². The first kappa shape index (κ1) is 13.6. The first-order chi connectivity index (χ1) is 8.54. The summed E-state index contributed by atoms with van der Waals surface area (Å²) in [6.45, 7) is 1.58. The lowest BCUT2D eigenvalue weighted by Crippen LogP contribution is -2.45. The van der Waals surface area contributed by atoms with Crippen LogP contribution in [0.15, 0.2) is 18.3 Å². The number of halogens is 1. The number of carbonyl (C=O) groups is 3. The Morgan fingerprint density at radius 1 is 1.33 bits per heavy atom. The van der Waals surface area contributed by atoms with Gasteiger partial charge in [-0.05, 0) is 19.1 Å². The quantitative estimate of drug-likeness (QED) is 0.423. The highest BCUT2D eigenvalue weighted by atomic mass is 19.1.